The lowest BCUT2D eigenvalue weighted by atomic mass is 10.2. The van der Waals surface area contributed by atoms with Gasteiger partial charge in [-0.1, -0.05) is 104 Å². The van der Waals surface area contributed by atoms with Crippen LogP contribution in [0.5, 0.6) is 0 Å². The third kappa shape index (κ3) is 9.52. The molecule has 0 radical (unpaired) electrons. The Kier molecular flexibility index (Phi) is 12.8. The van der Waals surface area contributed by atoms with E-state index in [1.54, 1.807) is 0 Å². The van der Waals surface area contributed by atoms with Gasteiger partial charge in [-0.3, -0.25) is 0 Å². The lowest BCUT2D eigenvalue weighted by Crippen LogP contribution is -2.66. The zero-order valence-electron chi connectivity index (χ0n) is 31.8. The molecule has 2 atom stereocenters. The SMILES string of the molecule is CC(C)(C)[Si](C)(C)OP(=O)(NC(C)(C)[Si](C)(O[P+](=O)O[Si](C)(C(C)(C)C)C(C)(C)C)C(C)(C)C)O[Si](C)(C)C(C)(C)C. The summed E-state index contributed by atoms with van der Waals surface area (Å²) in [6, 6.07) is 0. The van der Waals surface area contributed by atoms with Crippen LogP contribution < -0.4 is 5.09 Å². The molecule has 1 N–H and O–H groups in total. The van der Waals surface area contributed by atoms with Crippen molar-refractivity contribution in [2.24, 2.45) is 0 Å². The maximum Gasteiger partial charge on any atom is 0.673 e. The zero-order valence-corrected chi connectivity index (χ0v) is 37.6. The van der Waals surface area contributed by atoms with E-state index in [9.17, 15) is 4.57 Å². The number of rotatable bonds is 11. The van der Waals surface area contributed by atoms with E-state index in [1.807, 2.05) is 13.8 Å². The molecule has 0 heterocycles. The smallest absolute Gasteiger partial charge is 0.339 e. The highest BCUT2D eigenvalue weighted by Crippen LogP contribution is 2.61. The van der Waals surface area contributed by atoms with Crippen molar-refractivity contribution in [2.75, 3.05) is 0 Å². The van der Waals surface area contributed by atoms with Crippen LogP contribution in [0.4, 0.5) is 0 Å². The van der Waals surface area contributed by atoms with Gasteiger partial charge in [0.25, 0.3) is 16.6 Å². The van der Waals surface area contributed by atoms with E-state index in [0.29, 0.717) is 0 Å². The Labute approximate surface area is 266 Å². The van der Waals surface area contributed by atoms with Gasteiger partial charge in [0.05, 0.1) is 0 Å². The summed E-state index contributed by atoms with van der Waals surface area (Å²) in [4.78, 5) is 0. The molecule has 0 spiro atoms. The molecule has 252 valence electrons. The molecule has 2 unspecified atom stereocenters. The maximum atomic E-state index is 15.1. The lowest BCUT2D eigenvalue weighted by Gasteiger charge is -2.49. The van der Waals surface area contributed by atoms with E-state index in [1.165, 1.54) is 0 Å². The van der Waals surface area contributed by atoms with Crippen LogP contribution in [0.25, 0.3) is 0 Å². The normalized spacial score (nSPS) is 17.7. The van der Waals surface area contributed by atoms with Crippen molar-refractivity contribution in [3.05, 3.63) is 0 Å². The molecule has 0 saturated heterocycles. The molecule has 13 heteroatoms. The van der Waals surface area contributed by atoms with Gasteiger partial charge < -0.3 is 8.43 Å². The molecule has 0 rings (SSSR count). The molecule has 7 nitrogen and oxygen atoms in total. The molecule has 0 aromatic carbocycles. The highest BCUT2D eigenvalue weighted by Gasteiger charge is 2.65. The van der Waals surface area contributed by atoms with Crippen LogP contribution in [0.15, 0.2) is 0 Å². The minimum atomic E-state index is -3.88. The van der Waals surface area contributed by atoms with Gasteiger partial charge in [0.1, 0.15) is 0 Å². The Morgan fingerprint density at radius 1 is 0.500 bits per heavy atom. The average Bonchev–Trinajstić information content (AvgIpc) is 2.60. The molecule has 0 aromatic heterocycles. The van der Waals surface area contributed by atoms with Crippen molar-refractivity contribution in [3.63, 3.8) is 0 Å². The summed E-state index contributed by atoms with van der Waals surface area (Å²) < 4.78 is 55.7. The Morgan fingerprint density at radius 2 is 0.762 bits per heavy atom. The summed E-state index contributed by atoms with van der Waals surface area (Å²) in [6.45, 7) is 48.6. The summed E-state index contributed by atoms with van der Waals surface area (Å²) in [7, 11) is -17.1. The Morgan fingerprint density at radius 3 is 1.00 bits per heavy atom. The fraction of sp³-hybridized carbons (Fsp3) is 1.00. The van der Waals surface area contributed by atoms with Crippen molar-refractivity contribution in [1.82, 2.24) is 5.09 Å². The molecule has 0 aliphatic rings. The summed E-state index contributed by atoms with van der Waals surface area (Å²) in [5.74, 6) is 0. The van der Waals surface area contributed by atoms with Gasteiger partial charge in [-0.05, 0) is 78.3 Å². The third-order valence-corrected chi connectivity index (χ3v) is 39.8. The van der Waals surface area contributed by atoms with Crippen molar-refractivity contribution in [2.45, 2.75) is 187 Å². The van der Waals surface area contributed by atoms with Crippen molar-refractivity contribution in [3.8, 4) is 0 Å². The lowest BCUT2D eigenvalue weighted by molar-refractivity contribution is 0.313. The fourth-order valence-corrected chi connectivity index (χ4v) is 25.3. The molecular weight excluding hydrogens is 633 g/mol. The molecule has 0 bridgehead atoms. The van der Waals surface area contributed by atoms with Gasteiger partial charge in [0, 0.05) is 9.73 Å². The fourth-order valence-electron chi connectivity index (χ4n) is 4.29. The van der Waals surface area contributed by atoms with Crippen LogP contribution in [0.1, 0.15) is 118 Å². The van der Waals surface area contributed by atoms with Crippen LogP contribution in [-0.2, 0) is 26.0 Å². The van der Waals surface area contributed by atoms with Crippen molar-refractivity contribution >= 4 is 49.3 Å². The minimum Gasteiger partial charge on any atom is -0.339 e. The summed E-state index contributed by atoms with van der Waals surface area (Å²) >= 11 is 0. The van der Waals surface area contributed by atoms with E-state index < -0.39 is 59.5 Å². The van der Waals surface area contributed by atoms with Gasteiger partial charge in [0.2, 0.25) is 16.6 Å². The van der Waals surface area contributed by atoms with Crippen molar-refractivity contribution < 1.29 is 26.0 Å². The standard InChI is InChI=1S/C29H70NO6P2Si4/c1-24(2,3)39(18,19)35-38(32,36-40(20,21)25(4,5)6)30-29(16,17)42(23,28(13,14)15)34-37(31)33-41(22,26(7,8)9)27(10,11)12/h1-23H3,(H,30,32)/q+1. The first-order valence-corrected chi connectivity index (χ1v) is 28.7. The maximum absolute atomic E-state index is 15.1. The monoisotopic (exact) mass is 702 g/mol. The largest absolute Gasteiger partial charge is 0.673 e. The predicted molar refractivity (Wildman–Crippen MR) is 194 cm³/mol. The number of nitrogens with one attached hydrogen (secondary N) is 1. The van der Waals surface area contributed by atoms with Gasteiger partial charge in [-0.2, -0.15) is 8.43 Å². The van der Waals surface area contributed by atoms with Gasteiger partial charge >= 0.3 is 16.0 Å². The summed E-state index contributed by atoms with van der Waals surface area (Å²) in [6.07, 6.45) is 0. The van der Waals surface area contributed by atoms with Gasteiger partial charge in [-0.15, -0.1) is 0 Å². The van der Waals surface area contributed by atoms with Crippen LogP contribution in [0, 0.1) is 0 Å². The van der Waals surface area contributed by atoms with Crippen LogP contribution in [0.3, 0.4) is 0 Å². The molecule has 0 saturated carbocycles. The number of hydrogen-bond acceptors (Lipinski definition) is 6. The molecule has 0 aliphatic heterocycles. The molecule has 42 heavy (non-hydrogen) atoms. The van der Waals surface area contributed by atoms with Gasteiger partial charge in [-0.25, -0.2) is 9.65 Å². The van der Waals surface area contributed by atoms with E-state index in [0.717, 1.165) is 0 Å². The average molecular weight is 703 g/mol. The molecule has 0 aromatic rings. The van der Waals surface area contributed by atoms with E-state index in [-0.39, 0.29) is 20.2 Å². The third-order valence-electron chi connectivity index (χ3n) is 10.7. The molecule has 0 fully saturated rings. The van der Waals surface area contributed by atoms with Gasteiger partial charge in [0.15, 0.2) is 0 Å². The van der Waals surface area contributed by atoms with Crippen LogP contribution in [-0.4, -0.2) is 38.4 Å². The minimum absolute atomic E-state index is 0.170. The molecule has 0 amide bonds. The highest BCUT2D eigenvalue weighted by atomic mass is 31.2. The zero-order chi connectivity index (χ0) is 34.6. The second kappa shape index (κ2) is 12.6. The first kappa shape index (κ1) is 43.0. The summed E-state index contributed by atoms with van der Waals surface area (Å²) in [5, 5.41) is 1.46. The molecule has 0 aliphatic carbocycles. The second-order valence-electron chi connectivity index (χ2n) is 19.2. The Hall–Kier alpha value is 0.998. The Balaban J connectivity index is 6.99. The van der Waals surface area contributed by atoms with E-state index in [2.05, 4.69) is 148 Å². The Bertz CT molecular complexity index is 970. The quantitative estimate of drug-likeness (QED) is 0.169. The topological polar surface area (TPSA) is 83.1 Å². The predicted octanol–water partition coefficient (Wildman–Crippen LogP) is 12.3. The van der Waals surface area contributed by atoms with E-state index in [4.69, 9.17) is 16.9 Å². The van der Waals surface area contributed by atoms with Crippen LogP contribution in [0.2, 0.25) is 64.5 Å². The van der Waals surface area contributed by atoms with Crippen molar-refractivity contribution in [1.29, 1.82) is 0 Å². The second-order valence-corrected chi connectivity index (χ2v) is 42.7. The summed E-state index contributed by atoms with van der Waals surface area (Å²) in [5.41, 5.74) is 0. The molecular formula is C29H70NO6P2Si4+. The van der Waals surface area contributed by atoms with E-state index >= 15 is 4.57 Å². The van der Waals surface area contributed by atoms with Crippen LogP contribution >= 0.6 is 16.0 Å². The number of hydrogen-bond donors (Lipinski definition) is 1. The first-order chi connectivity index (χ1) is 17.7. The highest BCUT2D eigenvalue weighted by molar-refractivity contribution is 7.55. The first-order valence-electron chi connectivity index (χ1n) is 15.4.